The van der Waals surface area contributed by atoms with Crippen LogP contribution in [0.5, 0.6) is 5.88 Å². The quantitative estimate of drug-likeness (QED) is 0.827. The van der Waals surface area contributed by atoms with Gasteiger partial charge >= 0.3 is 0 Å². The van der Waals surface area contributed by atoms with Crippen LogP contribution in [-0.4, -0.2) is 42.8 Å². The van der Waals surface area contributed by atoms with Crippen molar-refractivity contribution in [3.8, 4) is 5.88 Å². The van der Waals surface area contributed by atoms with Crippen molar-refractivity contribution in [1.29, 1.82) is 0 Å². The Morgan fingerprint density at radius 3 is 2.82 bits per heavy atom. The first kappa shape index (κ1) is 10.8. The molecular weight excluding hydrogens is 216 g/mol. The normalized spacial score (nSPS) is 27.2. The minimum Gasteiger partial charge on any atom is -0.478 e. The van der Waals surface area contributed by atoms with Crippen LogP contribution < -0.4 is 15.0 Å². The van der Waals surface area contributed by atoms with Crippen molar-refractivity contribution in [1.82, 2.24) is 15.3 Å². The van der Waals surface area contributed by atoms with E-state index in [0.29, 0.717) is 12.5 Å². The molecule has 0 aromatic carbocycles. The topological polar surface area (TPSA) is 50.3 Å². The molecule has 3 heterocycles. The van der Waals surface area contributed by atoms with Gasteiger partial charge in [0.25, 0.3) is 0 Å². The third-order valence-corrected chi connectivity index (χ3v) is 3.63. The summed E-state index contributed by atoms with van der Waals surface area (Å²) in [5.41, 5.74) is 0. The number of nitrogens with one attached hydrogen (secondary N) is 1. The Labute approximate surface area is 101 Å². The molecule has 0 radical (unpaired) electrons. The van der Waals surface area contributed by atoms with E-state index in [1.165, 1.54) is 0 Å². The number of rotatable bonds is 3. The fourth-order valence-corrected chi connectivity index (χ4v) is 2.77. The average molecular weight is 234 g/mol. The molecule has 0 amide bonds. The Balaban J connectivity index is 1.74. The Hall–Kier alpha value is -1.36. The summed E-state index contributed by atoms with van der Waals surface area (Å²) in [4.78, 5) is 10.8. The van der Waals surface area contributed by atoms with E-state index >= 15 is 0 Å². The van der Waals surface area contributed by atoms with Gasteiger partial charge in [0.05, 0.1) is 6.61 Å². The molecule has 17 heavy (non-hydrogen) atoms. The van der Waals surface area contributed by atoms with E-state index in [9.17, 15) is 0 Å². The Morgan fingerprint density at radius 2 is 2.12 bits per heavy atom. The number of fused-ring (bicyclic) bond motifs is 1. The molecule has 0 saturated carbocycles. The number of nitrogens with zero attached hydrogens (tertiary/aromatic N) is 3. The fraction of sp³-hybridized carbons (Fsp3) is 0.667. The first-order valence-corrected chi connectivity index (χ1v) is 6.27. The summed E-state index contributed by atoms with van der Waals surface area (Å²) in [5, 5.41) is 3.44. The number of hydrogen-bond donors (Lipinski definition) is 1. The molecule has 3 rings (SSSR count). The summed E-state index contributed by atoms with van der Waals surface area (Å²) < 4.78 is 5.41. The standard InChI is InChI=1S/C12H18N4O/c1-2-17-12-3-11(14-8-15-12)16-6-9-4-13-5-10(9)7-16/h3,8-10,13H,2,4-7H2,1H3/t9-,10+. The summed E-state index contributed by atoms with van der Waals surface area (Å²) in [5.74, 6) is 3.23. The lowest BCUT2D eigenvalue weighted by molar-refractivity contribution is 0.326. The molecule has 2 aliphatic rings. The summed E-state index contributed by atoms with van der Waals surface area (Å²) in [7, 11) is 0. The maximum Gasteiger partial charge on any atom is 0.218 e. The van der Waals surface area contributed by atoms with E-state index in [1.807, 2.05) is 13.0 Å². The molecule has 1 aromatic rings. The van der Waals surface area contributed by atoms with E-state index in [1.54, 1.807) is 6.33 Å². The van der Waals surface area contributed by atoms with Crippen molar-refractivity contribution >= 4 is 5.82 Å². The molecule has 2 aliphatic heterocycles. The molecule has 0 unspecified atom stereocenters. The van der Waals surface area contributed by atoms with Crippen LogP contribution in [0.3, 0.4) is 0 Å². The summed E-state index contributed by atoms with van der Waals surface area (Å²) in [6.45, 7) is 7.09. The number of anilines is 1. The summed E-state index contributed by atoms with van der Waals surface area (Å²) in [6, 6.07) is 1.94. The van der Waals surface area contributed by atoms with Crippen LogP contribution in [0.4, 0.5) is 5.82 Å². The van der Waals surface area contributed by atoms with Crippen molar-refractivity contribution in [2.45, 2.75) is 6.92 Å². The fourth-order valence-electron chi connectivity index (χ4n) is 2.77. The van der Waals surface area contributed by atoms with Gasteiger partial charge in [0, 0.05) is 32.2 Å². The molecule has 0 aliphatic carbocycles. The second kappa shape index (κ2) is 4.49. The number of ether oxygens (including phenoxy) is 1. The zero-order chi connectivity index (χ0) is 11.7. The maximum atomic E-state index is 5.41. The number of aromatic nitrogens is 2. The molecule has 1 N–H and O–H groups in total. The molecule has 2 atom stereocenters. The highest BCUT2D eigenvalue weighted by molar-refractivity contribution is 5.42. The molecule has 5 heteroatoms. The van der Waals surface area contributed by atoms with Gasteiger partial charge in [-0.25, -0.2) is 9.97 Å². The second-order valence-corrected chi connectivity index (χ2v) is 4.73. The molecule has 92 valence electrons. The van der Waals surface area contributed by atoms with E-state index < -0.39 is 0 Å². The second-order valence-electron chi connectivity index (χ2n) is 4.73. The first-order chi connectivity index (χ1) is 8.36. The highest BCUT2D eigenvalue weighted by Crippen LogP contribution is 2.30. The third-order valence-electron chi connectivity index (χ3n) is 3.63. The van der Waals surface area contributed by atoms with Crippen molar-refractivity contribution < 1.29 is 4.74 Å². The van der Waals surface area contributed by atoms with Crippen molar-refractivity contribution in [3.05, 3.63) is 12.4 Å². The lowest BCUT2D eigenvalue weighted by atomic mass is 10.0. The Bertz CT molecular complexity index is 386. The first-order valence-electron chi connectivity index (χ1n) is 6.27. The van der Waals surface area contributed by atoms with Crippen molar-refractivity contribution in [3.63, 3.8) is 0 Å². The molecule has 2 saturated heterocycles. The maximum absolute atomic E-state index is 5.41. The average Bonchev–Trinajstić information content (AvgIpc) is 2.89. The van der Waals surface area contributed by atoms with Gasteiger partial charge in [0.1, 0.15) is 12.1 Å². The van der Waals surface area contributed by atoms with Gasteiger partial charge in [-0.15, -0.1) is 0 Å². The molecule has 5 nitrogen and oxygen atoms in total. The predicted octanol–water partition coefficient (Wildman–Crippen LogP) is 0.531. The van der Waals surface area contributed by atoms with Crippen LogP contribution in [-0.2, 0) is 0 Å². The third kappa shape index (κ3) is 2.07. The van der Waals surface area contributed by atoms with Gasteiger partial charge < -0.3 is 15.0 Å². The smallest absolute Gasteiger partial charge is 0.218 e. The van der Waals surface area contributed by atoms with Gasteiger partial charge in [-0.2, -0.15) is 0 Å². The van der Waals surface area contributed by atoms with Gasteiger partial charge in [0.2, 0.25) is 5.88 Å². The minimum atomic E-state index is 0.644. The SMILES string of the molecule is CCOc1cc(N2C[C@H]3CNC[C@H]3C2)ncn1. The summed E-state index contributed by atoms with van der Waals surface area (Å²) >= 11 is 0. The van der Waals surface area contributed by atoms with Crippen molar-refractivity contribution in [2.24, 2.45) is 11.8 Å². The Kier molecular flexibility index (Phi) is 2.84. The summed E-state index contributed by atoms with van der Waals surface area (Å²) in [6.07, 6.45) is 1.59. The Morgan fingerprint density at radius 1 is 1.35 bits per heavy atom. The van der Waals surface area contributed by atoms with Crippen molar-refractivity contribution in [2.75, 3.05) is 37.7 Å². The molecule has 0 bridgehead atoms. The molecule has 1 aromatic heterocycles. The molecular formula is C12H18N4O. The highest BCUT2D eigenvalue weighted by Gasteiger charge is 2.36. The van der Waals surface area contributed by atoms with Gasteiger partial charge in [-0.1, -0.05) is 0 Å². The van der Waals surface area contributed by atoms with E-state index in [2.05, 4.69) is 20.2 Å². The molecule has 0 spiro atoms. The largest absolute Gasteiger partial charge is 0.478 e. The predicted molar refractivity (Wildman–Crippen MR) is 65.3 cm³/mol. The zero-order valence-corrected chi connectivity index (χ0v) is 10.1. The van der Waals surface area contributed by atoms with E-state index in [0.717, 1.165) is 43.8 Å². The van der Waals surface area contributed by atoms with Crippen LogP contribution >= 0.6 is 0 Å². The number of hydrogen-bond acceptors (Lipinski definition) is 5. The van der Waals surface area contributed by atoms with Gasteiger partial charge in [-0.05, 0) is 18.8 Å². The lowest BCUT2D eigenvalue weighted by Gasteiger charge is -2.18. The van der Waals surface area contributed by atoms with E-state index in [4.69, 9.17) is 4.74 Å². The van der Waals surface area contributed by atoms with E-state index in [-0.39, 0.29) is 0 Å². The van der Waals surface area contributed by atoms with Gasteiger partial charge in [0.15, 0.2) is 0 Å². The highest BCUT2D eigenvalue weighted by atomic mass is 16.5. The van der Waals surface area contributed by atoms with Gasteiger partial charge in [-0.3, -0.25) is 0 Å². The van der Waals surface area contributed by atoms with Crippen LogP contribution in [0.2, 0.25) is 0 Å². The minimum absolute atomic E-state index is 0.644. The van der Waals surface area contributed by atoms with Crippen LogP contribution in [0, 0.1) is 11.8 Å². The molecule has 2 fully saturated rings. The van der Waals surface area contributed by atoms with Crippen LogP contribution in [0.25, 0.3) is 0 Å². The zero-order valence-electron chi connectivity index (χ0n) is 10.1. The monoisotopic (exact) mass is 234 g/mol. The lowest BCUT2D eigenvalue weighted by Crippen LogP contribution is -2.26. The van der Waals surface area contributed by atoms with Crippen LogP contribution in [0.15, 0.2) is 12.4 Å². The van der Waals surface area contributed by atoms with Crippen LogP contribution in [0.1, 0.15) is 6.92 Å².